The first kappa shape index (κ1) is 10.7. The van der Waals surface area contributed by atoms with Crippen LogP contribution in [-0.4, -0.2) is 11.2 Å². The van der Waals surface area contributed by atoms with Crippen molar-refractivity contribution in [1.29, 1.82) is 0 Å². The molecule has 0 bridgehead atoms. The molecule has 0 saturated carbocycles. The van der Waals surface area contributed by atoms with Crippen LogP contribution in [0.1, 0.15) is 46.0 Å². The minimum Gasteiger partial charge on any atom is -0.389 e. The predicted octanol–water partition coefficient (Wildman–Crippen LogP) is 2.89. The Labute approximate surface area is 70.1 Å². The lowest BCUT2D eigenvalue weighted by Gasteiger charge is -2.11. The van der Waals surface area contributed by atoms with Gasteiger partial charge in [-0.2, -0.15) is 0 Å². The van der Waals surface area contributed by atoms with Gasteiger partial charge in [0.05, 0.1) is 6.10 Å². The third-order valence-corrected chi connectivity index (χ3v) is 1.88. The summed E-state index contributed by atoms with van der Waals surface area (Å²) in [5, 5.41) is 9.44. The van der Waals surface area contributed by atoms with E-state index in [9.17, 15) is 5.11 Å². The van der Waals surface area contributed by atoms with Gasteiger partial charge in [0.25, 0.3) is 0 Å². The van der Waals surface area contributed by atoms with Gasteiger partial charge in [-0.1, -0.05) is 33.3 Å². The molecule has 66 valence electrons. The highest BCUT2D eigenvalue weighted by molar-refractivity contribution is 5.00. The Morgan fingerprint density at radius 2 is 2.00 bits per heavy atom. The molecule has 0 saturated heterocycles. The van der Waals surface area contributed by atoms with E-state index in [4.69, 9.17) is 0 Å². The lowest BCUT2D eigenvalue weighted by molar-refractivity contribution is 0.195. The third-order valence-electron chi connectivity index (χ3n) is 1.88. The highest BCUT2D eigenvalue weighted by atomic mass is 16.3. The molecular weight excluding hydrogens is 136 g/mol. The summed E-state index contributed by atoms with van der Waals surface area (Å²) in [5.74, 6) is 0. The summed E-state index contributed by atoms with van der Waals surface area (Å²) in [6.45, 7) is 8.09. The topological polar surface area (TPSA) is 20.2 Å². The molecule has 0 rings (SSSR count). The van der Waals surface area contributed by atoms with Crippen molar-refractivity contribution >= 4 is 0 Å². The van der Waals surface area contributed by atoms with Crippen molar-refractivity contribution in [2.75, 3.05) is 0 Å². The van der Waals surface area contributed by atoms with E-state index in [0.717, 1.165) is 31.3 Å². The number of rotatable bonds is 6. The number of aliphatic hydroxyl groups excluding tert-OH is 1. The number of unbranched alkanes of at least 4 members (excludes halogenated alkanes) is 1. The van der Waals surface area contributed by atoms with Crippen LogP contribution in [0.5, 0.6) is 0 Å². The van der Waals surface area contributed by atoms with Crippen LogP contribution in [0.3, 0.4) is 0 Å². The predicted molar refractivity (Wildman–Crippen MR) is 49.6 cm³/mol. The molecule has 0 fully saturated rings. The van der Waals surface area contributed by atoms with Gasteiger partial charge in [-0.05, 0) is 24.8 Å². The summed E-state index contributed by atoms with van der Waals surface area (Å²) in [7, 11) is 0. The summed E-state index contributed by atoms with van der Waals surface area (Å²) in [6, 6.07) is 0. The highest BCUT2D eigenvalue weighted by Crippen LogP contribution is 2.13. The van der Waals surface area contributed by atoms with Crippen molar-refractivity contribution in [2.24, 2.45) is 0 Å². The van der Waals surface area contributed by atoms with Crippen molar-refractivity contribution < 1.29 is 5.11 Å². The standard InChI is InChI=1S/C10H20O/c1-4-6-8-9(3)10(11)7-5-2/h10-11H,3-8H2,1-2H3/t10-/m0/s1. The SMILES string of the molecule is C=C(CCCC)[C@@H](O)CCC. The maximum absolute atomic E-state index is 9.44. The van der Waals surface area contributed by atoms with Crippen LogP contribution in [0.2, 0.25) is 0 Å². The molecule has 0 aliphatic heterocycles. The van der Waals surface area contributed by atoms with Crippen LogP contribution in [-0.2, 0) is 0 Å². The molecule has 1 atom stereocenters. The Morgan fingerprint density at radius 1 is 1.36 bits per heavy atom. The normalized spacial score (nSPS) is 13.0. The largest absolute Gasteiger partial charge is 0.389 e. The average molecular weight is 156 g/mol. The maximum Gasteiger partial charge on any atom is 0.0747 e. The molecule has 0 unspecified atom stereocenters. The molecule has 0 aliphatic carbocycles. The molecule has 0 spiro atoms. The molecule has 0 radical (unpaired) electrons. The quantitative estimate of drug-likeness (QED) is 0.586. The van der Waals surface area contributed by atoms with Gasteiger partial charge >= 0.3 is 0 Å². The van der Waals surface area contributed by atoms with Gasteiger partial charge in [-0.25, -0.2) is 0 Å². The molecule has 0 aliphatic rings. The van der Waals surface area contributed by atoms with Gasteiger partial charge in [0.2, 0.25) is 0 Å². The van der Waals surface area contributed by atoms with Crippen LogP contribution in [0.25, 0.3) is 0 Å². The number of aliphatic hydroxyl groups is 1. The second-order valence-electron chi connectivity index (χ2n) is 3.07. The lowest BCUT2D eigenvalue weighted by Crippen LogP contribution is -2.08. The number of hydrogen-bond acceptors (Lipinski definition) is 1. The first-order valence-electron chi connectivity index (χ1n) is 4.58. The Bertz CT molecular complexity index is 107. The zero-order chi connectivity index (χ0) is 8.69. The fourth-order valence-electron chi connectivity index (χ4n) is 1.05. The van der Waals surface area contributed by atoms with Gasteiger partial charge in [0, 0.05) is 0 Å². The summed E-state index contributed by atoms with van der Waals surface area (Å²) in [5.41, 5.74) is 1.01. The molecule has 1 N–H and O–H groups in total. The molecule has 0 aromatic heterocycles. The first-order valence-corrected chi connectivity index (χ1v) is 4.58. The van der Waals surface area contributed by atoms with Crippen LogP contribution >= 0.6 is 0 Å². The van der Waals surface area contributed by atoms with E-state index in [0.29, 0.717) is 0 Å². The van der Waals surface area contributed by atoms with E-state index in [2.05, 4.69) is 20.4 Å². The van der Waals surface area contributed by atoms with E-state index in [1.54, 1.807) is 0 Å². The minimum atomic E-state index is -0.258. The second-order valence-corrected chi connectivity index (χ2v) is 3.07. The molecular formula is C10H20O. The zero-order valence-electron chi connectivity index (χ0n) is 7.77. The van der Waals surface area contributed by atoms with Gasteiger partial charge in [-0.15, -0.1) is 0 Å². The van der Waals surface area contributed by atoms with Gasteiger partial charge < -0.3 is 5.11 Å². The molecule has 0 aromatic rings. The van der Waals surface area contributed by atoms with Crippen LogP contribution in [0.15, 0.2) is 12.2 Å². The molecule has 0 heterocycles. The van der Waals surface area contributed by atoms with Crippen molar-refractivity contribution in [2.45, 2.75) is 52.1 Å². The van der Waals surface area contributed by atoms with Crippen molar-refractivity contribution in [3.8, 4) is 0 Å². The van der Waals surface area contributed by atoms with Crippen molar-refractivity contribution in [3.63, 3.8) is 0 Å². The minimum absolute atomic E-state index is 0.258. The highest BCUT2D eigenvalue weighted by Gasteiger charge is 2.05. The average Bonchev–Trinajstić information content (AvgIpc) is 2.00. The monoisotopic (exact) mass is 156 g/mol. The van der Waals surface area contributed by atoms with Crippen LogP contribution in [0.4, 0.5) is 0 Å². The molecule has 1 heteroatoms. The lowest BCUT2D eigenvalue weighted by atomic mass is 10.0. The smallest absolute Gasteiger partial charge is 0.0747 e. The summed E-state index contributed by atoms with van der Waals surface area (Å²) in [4.78, 5) is 0. The second kappa shape index (κ2) is 6.41. The van der Waals surface area contributed by atoms with E-state index in [1.165, 1.54) is 6.42 Å². The summed E-state index contributed by atoms with van der Waals surface area (Å²) < 4.78 is 0. The van der Waals surface area contributed by atoms with Gasteiger partial charge in [-0.3, -0.25) is 0 Å². The Hall–Kier alpha value is -0.300. The van der Waals surface area contributed by atoms with E-state index in [-0.39, 0.29) is 6.10 Å². The van der Waals surface area contributed by atoms with Crippen molar-refractivity contribution in [3.05, 3.63) is 12.2 Å². The maximum atomic E-state index is 9.44. The van der Waals surface area contributed by atoms with Gasteiger partial charge in [0.15, 0.2) is 0 Å². The Balaban J connectivity index is 3.47. The number of hydrogen-bond donors (Lipinski definition) is 1. The van der Waals surface area contributed by atoms with E-state index in [1.807, 2.05) is 0 Å². The van der Waals surface area contributed by atoms with Gasteiger partial charge in [0.1, 0.15) is 0 Å². The van der Waals surface area contributed by atoms with Crippen molar-refractivity contribution in [1.82, 2.24) is 0 Å². The van der Waals surface area contributed by atoms with Crippen LogP contribution in [0, 0.1) is 0 Å². The molecule has 0 aromatic carbocycles. The Kier molecular flexibility index (Phi) is 6.24. The molecule has 1 nitrogen and oxygen atoms in total. The van der Waals surface area contributed by atoms with E-state index >= 15 is 0 Å². The first-order chi connectivity index (χ1) is 5.22. The zero-order valence-corrected chi connectivity index (χ0v) is 7.77. The molecule has 11 heavy (non-hydrogen) atoms. The fraction of sp³-hybridized carbons (Fsp3) is 0.800. The fourth-order valence-corrected chi connectivity index (χ4v) is 1.05. The third kappa shape index (κ3) is 5.02. The summed E-state index contributed by atoms with van der Waals surface area (Å²) in [6.07, 6.45) is 4.95. The van der Waals surface area contributed by atoms with E-state index < -0.39 is 0 Å². The summed E-state index contributed by atoms with van der Waals surface area (Å²) >= 11 is 0. The van der Waals surface area contributed by atoms with Crippen LogP contribution < -0.4 is 0 Å². The molecule has 0 amide bonds. The Morgan fingerprint density at radius 3 is 2.45 bits per heavy atom.